The summed E-state index contributed by atoms with van der Waals surface area (Å²) in [6, 6.07) is 51.3. The van der Waals surface area contributed by atoms with Crippen molar-refractivity contribution in [1.82, 2.24) is 9.97 Å². The second kappa shape index (κ2) is 15.9. The van der Waals surface area contributed by atoms with Gasteiger partial charge in [-0.3, -0.25) is 4.98 Å². The molecule has 294 valence electrons. The van der Waals surface area contributed by atoms with Gasteiger partial charge in [0.05, 0.1) is 16.9 Å². The summed E-state index contributed by atoms with van der Waals surface area (Å²) >= 11 is 0. The van der Waals surface area contributed by atoms with Gasteiger partial charge < -0.3 is 4.18 Å². The van der Waals surface area contributed by atoms with Gasteiger partial charge in [-0.2, -0.15) is 21.6 Å². The minimum atomic E-state index is -6.00. The lowest BCUT2D eigenvalue weighted by Gasteiger charge is -2.19. The molecule has 0 spiro atoms. The Morgan fingerprint density at radius 2 is 1.12 bits per heavy atom. The van der Waals surface area contributed by atoms with E-state index >= 15 is 0 Å². The molecule has 0 unspecified atom stereocenters. The average Bonchev–Trinajstić information content (AvgIpc) is 3.28. The fourth-order valence-electron chi connectivity index (χ4n) is 7.62. The molecule has 0 amide bonds. The summed E-state index contributed by atoms with van der Waals surface area (Å²) in [7, 11) is -6.00. The number of allylic oxidation sites excluding steroid dienone is 4. The molecule has 0 saturated carbocycles. The second-order valence-corrected chi connectivity index (χ2v) is 15.9. The number of pyridine rings is 2. The SMILES string of the molecule is O=S(=O)(Oc1cc(-c2ccccc2-c2ccc(-c3ccc4ccccc4n3)cc2)cc(-c2ccccc2-c2cnc(-c3ccccc3)cc2C2=CCCC=C2)c1)C(F)(F)F. The summed E-state index contributed by atoms with van der Waals surface area (Å²) in [5, 5.41) is 1.04. The number of fused-ring (bicyclic) bond motifs is 1. The number of nitrogens with zero attached hydrogens (tertiary/aromatic N) is 2. The third kappa shape index (κ3) is 7.75. The number of benzene rings is 6. The summed E-state index contributed by atoms with van der Waals surface area (Å²) in [4.78, 5) is 9.71. The molecule has 0 N–H and O–H groups in total. The Morgan fingerprint density at radius 1 is 0.517 bits per heavy atom. The molecule has 0 atom stereocenters. The van der Waals surface area contributed by atoms with Crippen molar-refractivity contribution in [3.8, 4) is 72.8 Å². The van der Waals surface area contributed by atoms with Crippen LogP contribution in [0, 0.1) is 0 Å². The van der Waals surface area contributed by atoms with Crippen molar-refractivity contribution >= 4 is 26.6 Å². The van der Waals surface area contributed by atoms with Gasteiger partial charge in [0.15, 0.2) is 0 Å². The maximum Gasteiger partial charge on any atom is 0.534 e. The minimum Gasteiger partial charge on any atom is -0.376 e. The summed E-state index contributed by atoms with van der Waals surface area (Å²) in [5.41, 5.74) is 6.10. The van der Waals surface area contributed by atoms with Gasteiger partial charge in [-0.25, -0.2) is 4.98 Å². The molecule has 1 aliphatic rings. The average molecular weight is 813 g/mol. The number of hydrogen-bond donors (Lipinski definition) is 0. The lowest BCUT2D eigenvalue weighted by molar-refractivity contribution is -0.0500. The molecule has 60 heavy (non-hydrogen) atoms. The van der Waals surface area contributed by atoms with Crippen LogP contribution in [0.4, 0.5) is 13.2 Å². The van der Waals surface area contributed by atoms with Crippen LogP contribution in [0.1, 0.15) is 18.4 Å². The van der Waals surface area contributed by atoms with Crippen LogP contribution in [-0.4, -0.2) is 23.9 Å². The Bertz CT molecular complexity index is 3070. The lowest BCUT2D eigenvalue weighted by atomic mass is 9.87. The van der Waals surface area contributed by atoms with Gasteiger partial charge in [0.2, 0.25) is 0 Å². The maximum absolute atomic E-state index is 13.8. The third-order valence-electron chi connectivity index (χ3n) is 10.5. The van der Waals surface area contributed by atoms with Gasteiger partial charge in [-0.15, -0.1) is 0 Å². The van der Waals surface area contributed by atoms with E-state index in [2.05, 4.69) is 24.3 Å². The summed E-state index contributed by atoms with van der Waals surface area (Å²) < 4.78 is 71.3. The quantitative estimate of drug-likeness (QED) is 0.107. The zero-order valence-electron chi connectivity index (χ0n) is 32.0. The first kappa shape index (κ1) is 38.4. The number of rotatable bonds is 9. The Kier molecular flexibility index (Phi) is 10.2. The van der Waals surface area contributed by atoms with Crippen molar-refractivity contribution in [3.05, 3.63) is 194 Å². The highest BCUT2D eigenvalue weighted by atomic mass is 32.2. The third-order valence-corrected chi connectivity index (χ3v) is 11.5. The molecule has 9 heteroatoms. The molecule has 0 radical (unpaired) electrons. The fourth-order valence-corrected chi connectivity index (χ4v) is 8.07. The highest BCUT2D eigenvalue weighted by Crippen LogP contribution is 2.43. The molecule has 9 rings (SSSR count). The minimum absolute atomic E-state index is 0.453. The Morgan fingerprint density at radius 3 is 1.80 bits per heavy atom. The van der Waals surface area contributed by atoms with Crippen LogP contribution in [0.2, 0.25) is 0 Å². The Hall–Kier alpha value is -7.10. The summed E-state index contributed by atoms with van der Waals surface area (Å²) in [6.07, 6.45) is 10.0. The smallest absolute Gasteiger partial charge is 0.376 e. The number of halogens is 3. The van der Waals surface area contributed by atoms with Crippen molar-refractivity contribution in [2.75, 3.05) is 0 Å². The van der Waals surface area contributed by atoms with Gasteiger partial charge in [0.1, 0.15) is 5.75 Å². The largest absolute Gasteiger partial charge is 0.534 e. The Balaban J connectivity index is 1.18. The first-order chi connectivity index (χ1) is 29.1. The predicted molar refractivity (Wildman–Crippen MR) is 234 cm³/mol. The van der Waals surface area contributed by atoms with Gasteiger partial charge in [0, 0.05) is 28.3 Å². The monoisotopic (exact) mass is 812 g/mol. The molecular formula is C51H35F3N2O3S. The molecule has 6 aromatic carbocycles. The second-order valence-electron chi connectivity index (χ2n) is 14.4. The van der Waals surface area contributed by atoms with E-state index in [1.807, 2.05) is 152 Å². The van der Waals surface area contributed by atoms with E-state index < -0.39 is 21.4 Å². The molecule has 0 saturated heterocycles. The molecule has 5 nitrogen and oxygen atoms in total. The van der Waals surface area contributed by atoms with Crippen LogP contribution in [0.25, 0.3) is 83.5 Å². The topological polar surface area (TPSA) is 69.2 Å². The van der Waals surface area contributed by atoms with Crippen molar-refractivity contribution in [2.45, 2.75) is 18.3 Å². The van der Waals surface area contributed by atoms with E-state index in [1.165, 1.54) is 12.1 Å². The summed E-state index contributed by atoms with van der Waals surface area (Å²) in [5.74, 6) is -0.474. The van der Waals surface area contributed by atoms with Gasteiger partial charge >= 0.3 is 15.6 Å². The van der Waals surface area contributed by atoms with Gasteiger partial charge in [0.25, 0.3) is 0 Å². The zero-order valence-corrected chi connectivity index (χ0v) is 32.8. The zero-order chi connectivity index (χ0) is 41.3. The van der Waals surface area contributed by atoms with Crippen molar-refractivity contribution in [3.63, 3.8) is 0 Å². The van der Waals surface area contributed by atoms with Crippen LogP contribution in [0.3, 0.4) is 0 Å². The highest BCUT2D eigenvalue weighted by Gasteiger charge is 2.48. The summed E-state index contributed by atoms with van der Waals surface area (Å²) in [6.45, 7) is 0. The van der Waals surface area contributed by atoms with E-state index in [0.717, 1.165) is 79.6 Å². The molecule has 2 aromatic heterocycles. The molecule has 0 fully saturated rings. The first-order valence-electron chi connectivity index (χ1n) is 19.4. The number of para-hydroxylation sites is 1. The molecule has 0 aliphatic heterocycles. The molecule has 2 heterocycles. The molecule has 8 aromatic rings. The molecular weight excluding hydrogens is 778 g/mol. The van der Waals surface area contributed by atoms with Gasteiger partial charge in [-0.05, 0) is 99.3 Å². The van der Waals surface area contributed by atoms with Crippen LogP contribution in [0.5, 0.6) is 5.75 Å². The van der Waals surface area contributed by atoms with Crippen molar-refractivity contribution in [1.29, 1.82) is 0 Å². The van der Waals surface area contributed by atoms with Gasteiger partial charge in [-0.1, -0.05) is 146 Å². The normalized spacial score (nSPS) is 12.9. The van der Waals surface area contributed by atoms with E-state index in [0.29, 0.717) is 22.3 Å². The molecule has 1 aliphatic carbocycles. The maximum atomic E-state index is 13.8. The van der Waals surface area contributed by atoms with Crippen LogP contribution in [0.15, 0.2) is 188 Å². The first-order valence-corrected chi connectivity index (χ1v) is 20.8. The fraction of sp³-hybridized carbons (Fsp3) is 0.0588. The number of alkyl halides is 3. The van der Waals surface area contributed by atoms with Crippen LogP contribution >= 0.6 is 0 Å². The van der Waals surface area contributed by atoms with Crippen LogP contribution in [-0.2, 0) is 10.1 Å². The van der Waals surface area contributed by atoms with E-state index in [-0.39, 0.29) is 0 Å². The van der Waals surface area contributed by atoms with Crippen molar-refractivity contribution in [2.24, 2.45) is 0 Å². The van der Waals surface area contributed by atoms with E-state index in [9.17, 15) is 21.6 Å². The standard InChI is InChI=1S/C51H35F3N2O3S/c52-51(53,54)60(57,58)59-41-30-39(43-19-9-8-18-42(43)35-23-25-38(26-24-35)49-28-27-37-17-7-12-22-48(37)56-49)29-40(31-41)44-20-10-11-21-45(44)47-33-55-50(36-15-5-2-6-16-36)32-46(47)34-13-3-1-4-14-34/h2-3,5-33H,1,4H2. The number of aromatic nitrogens is 2. The Labute approximate surface area is 346 Å². The molecule has 0 bridgehead atoms. The van der Waals surface area contributed by atoms with Crippen LogP contribution < -0.4 is 4.18 Å². The van der Waals surface area contributed by atoms with E-state index in [1.54, 1.807) is 0 Å². The lowest BCUT2D eigenvalue weighted by Crippen LogP contribution is -2.28. The highest BCUT2D eigenvalue weighted by molar-refractivity contribution is 7.88. The van der Waals surface area contributed by atoms with E-state index in [4.69, 9.17) is 14.2 Å². The van der Waals surface area contributed by atoms with Crippen molar-refractivity contribution < 1.29 is 25.8 Å². The number of hydrogen-bond acceptors (Lipinski definition) is 5. The predicted octanol–water partition coefficient (Wildman–Crippen LogP) is 13.6.